The highest BCUT2D eigenvalue weighted by atomic mass is 16.5. The van der Waals surface area contributed by atoms with E-state index in [2.05, 4.69) is 9.47 Å². The molecule has 0 aliphatic rings. The van der Waals surface area contributed by atoms with E-state index in [1.54, 1.807) is 13.0 Å². The van der Waals surface area contributed by atoms with Gasteiger partial charge in [-0.3, -0.25) is 0 Å². The molecule has 0 spiro atoms. The summed E-state index contributed by atoms with van der Waals surface area (Å²) < 4.78 is 14.6. The van der Waals surface area contributed by atoms with E-state index in [-0.39, 0.29) is 11.3 Å². The normalized spacial score (nSPS) is 9.83. The minimum Gasteiger partial charge on any atom is -0.465 e. The molecule has 98 valence electrons. The van der Waals surface area contributed by atoms with Crippen LogP contribution in [0.15, 0.2) is 9.99 Å². The Morgan fingerprint density at radius 3 is 2.11 bits per heavy atom. The Bertz CT molecular complexity index is 504. The highest BCUT2D eigenvalue weighted by Crippen LogP contribution is 2.26. The predicted octanol–water partition coefficient (Wildman–Crippen LogP) is 2.58. The number of hydrogen-bond acceptors (Lipinski definition) is 5. The van der Waals surface area contributed by atoms with Crippen molar-refractivity contribution in [1.82, 2.24) is 0 Å². The van der Waals surface area contributed by atoms with Crippen LogP contribution in [0, 0.1) is 6.92 Å². The van der Waals surface area contributed by atoms with Crippen LogP contribution >= 0.6 is 0 Å². The SMILES string of the molecule is COC(=O)c1oc(C)c(C=C(C)C)c1C(=O)OC. The molecule has 1 aromatic heterocycles. The Morgan fingerprint density at radius 1 is 1.11 bits per heavy atom. The summed E-state index contributed by atoms with van der Waals surface area (Å²) in [5, 5.41) is 0. The Labute approximate surface area is 105 Å². The summed E-state index contributed by atoms with van der Waals surface area (Å²) in [6, 6.07) is 0. The van der Waals surface area contributed by atoms with Crippen LogP contribution in [0.2, 0.25) is 0 Å². The van der Waals surface area contributed by atoms with Crippen molar-refractivity contribution in [3.8, 4) is 0 Å². The number of furan rings is 1. The van der Waals surface area contributed by atoms with Crippen LogP contribution in [0.25, 0.3) is 6.08 Å². The molecule has 1 aromatic rings. The molecule has 0 atom stereocenters. The van der Waals surface area contributed by atoms with E-state index in [0.29, 0.717) is 11.3 Å². The Morgan fingerprint density at radius 2 is 1.67 bits per heavy atom. The lowest BCUT2D eigenvalue weighted by Crippen LogP contribution is -2.10. The zero-order valence-electron chi connectivity index (χ0n) is 11.1. The van der Waals surface area contributed by atoms with E-state index >= 15 is 0 Å². The van der Waals surface area contributed by atoms with Gasteiger partial charge >= 0.3 is 11.9 Å². The first-order valence-corrected chi connectivity index (χ1v) is 5.37. The predicted molar refractivity (Wildman–Crippen MR) is 65.4 cm³/mol. The van der Waals surface area contributed by atoms with E-state index in [0.717, 1.165) is 5.57 Å². The van der Waals surface area contributed by atoms with Crippen LogP contribution in [0.3, 0.4) is 0 Å². The Balaban J connectivity index is 3.51. The van der Waals surface area contributed by atoms with Crippen molar-refractivity contribution in [3.05, 3.63) is 28.2 Å². The molecule has 0 aromatic carbocycles. The molecule has 0 N–H and O–H groups in total. The lowest BCUT2D eigenvalue weighted by atomic mass is 10.1. The van der Waals surface area contributed by atoms with Crippen LogP contribution in [-0.2, 0) is 9.47 Å². The molecule has 0 bridgehead atoms. The second-order valence-electron chi connectivity index (χ2n) is 3.98. The van der Waals surface area contributed by atoms with Gasteiger partial charge in [-0.05, 0) is 20.8 Å². The van der Waals surface area contributed by atoms with E-state index in [1.165, 1.54) is 14.2 Å². The molecular weight excluding hydrogens is 236 g/mol. The lowest BCUT2D eigenvalue weighted by Gasteiger charge is -2.01. The van der Waals surface area contributed by atoms with Gasteiger partial charge in [0.05, 0.1) is 14.2 Å². The molecule has 0 fully saturated rings. The number of hydrogen-bond donors (Lipinski definition) is 0. The quantitative estimate of drug-likeness (QED) is 0.773. The molecule has 1 heterocycles. The van der Waals surface area contributed by atoms with Crippen LogP contribution in [0.1, 0.15) is 46.1 Å². The first kappa shape index (κ1) is 14.0. The van der Waals surface area contributed by atoms with Crippen LogP contribution < -0.4 is 0 Å². The van der Waals surface area contributed by atoms with E-state index < -0.39 is 11.9 Å². The van der Waals surface area contributed by atoms with Gasteiger partial charge in [0.2, 0.25) is 5.76 Å². The van der Waals surface area contributed by atoms with Gasteiger partial charge in [0.25, 0.3) is 0 Å². The molecule has 0 saturated heterocycles. The van der Waals surface area contributed by atoms with E-state index in [1.807, 2.05) is 13.8 Å². The summed E-state index contributed by atoms with van der Waals surface area (Å²) in [6.07, 6.45) is 1.76. The summed E-state index contributed by atoms with van der Waals surface area (Å²) in [5.41, 5.74) is 1.62. The number of aryl methyl sites for hydroxylation is 1. The fourth-order valence-electron chi connectivity index (χ4n) is 1.56. The van der Waals surface area contributed by atoms with Gasteiger partial charge < -0.3 is 13.9 Å². The number of rotatable bonds is 3. The third kappa shape index (κ3) is 2.61. The highest BCUT2D eigenvalue weighted by molar-refractivity contribution is 6.04. The van der Waals surface area contributed by atoms with Gasteiger partial charge in [-0.2, -0.15) is 0 Å². The minimum absolute atomic E-state index is 0.100. The Kier molecular flexibility index (Phi) is 4.31. The lowest BCUT2D eigenvalue weighted by molar-refractivity contribution is 0.0527. The van der Waals surface area contributed by atoms with Crippen LogP contribution in [0.5, 0.6) is 0 Å². The smallest absolute Gasteiger partial charge is 0.374 e. The number of methoxy groups -OCH3 is 2. The van der Waals surface area contributed by atoms with Gasteiger partial charge in [0.1, 0.15) is 11.3 Å². The van der Waals surface area contributed by atoms with Crippen molar-refractivity contribution in [2.75, 3.05) is 14.2 Å². The highest BCUT2D eigenvalue weighted by Gasteiger charge is 2.28. The molecule has 18 heavy (non-hydrogen) atoms. The first-order chi connectivity index (χ1) is 8.42. The first-order valence-electron chi connectivity index (χ1n) is 5.37. The number of ether oxygens (including phenoxy) is 2. The maximum Gasteiger partial charge on any atom is 0.374 e. The molecule has 5 heteroatoms. The molecule has 0 saturated carbocycles. The second-order valence-corrected chi connectivity index (χ2v) is 3.98. The largest absolute Gasteiger partial charge is 0.465 e. The van der Waals surface area contributed by atoms with Crippen LogP contribution in [-0.4, -0.2) is 26.2 Å². The maximum atomic E-state index is 11.8. The Hall–Kier alpha value is -2.04. The summed E-state index contributed by atoms with van der Waals surface area (Å²) in [7, 11) is 2.47. The monoisotopic (exact) mass is 252 g/mol. The number of carbonyl (C=O) groups is 2. The van der Waals surface area contributed by atoms with Gasteiger partial charge in [0.15, 0.2) is 0 Å². The third-order valence-electron chi connectivity index (χ3n) is 2.32. The summed E-state index contributed by atoms with van der Waals surface area (Å²) in [6.45, 7) is 5.43. The van der Waals surface area contributed by atoms with Crippen LogP contribution in [0.4, 0.5) is 0 Å². The standard InChI is InChI=1S/C13H16O5/c1-7(2)6-9-8(3)18-11(13(15)17-5)10(9)12(14)16-4/h6H,1-5H3. The maximum absolute atomic E-state index is 11.8. The van der Waals surface area contributed by atoms with Gasteiger partial charge in [-0.15, -0.1) is 0 Å². The minimum atomic E-state index is -0.702. The van der Waals surface area contributed by atoms with Crippen molar-refractivity contribution in [3.63, 3.8) is 0 Å². The number of esters is 2. The van der Waals surface area contributed by atoms with Gasteiger partial charge in [-0.1, -0.05) is 11.6 Å². The molecule has 0 amide bonds. The van der Waals surface area contributed by atoms with E-state index in [4.69, 9.17) is 4.42 Å². The zero-order valence-corrected chi connectivity index (χ0v) is 11.1. The van der Waals surface area contributed by atoms with Crippen molar-refractivity contribution in [1.29, 1.82) is 0 Å². The molecule has 0 aliphatic heterocycles. The molecule has 5 nitrogen and oxygen atoms in total. The van der Waals surface area contributed by atoms with E-state index in [9.17, 15) is 9.59 Å². The molecule has 0 aliphatic carbocycles. The average Bonchev–Trinajstić information content (AvgIpc) is 2.64. The second kappa shape index (κ2) is 5.53. The summed E-state index contributed by atoms with van der Waals surface area (Å²) >= 11 is 0. The summed E-state index contributed by atoms with van der Waals surface area (Å²) in [4.78, 5) is 23.3. The fourth-order valence-corrected chi connectivity index (χ4v) is 1.56. The van der Waals surface area contributed by atoms with Crippen molar-refractivity contribution in [2.24, 2.45) is 0 Å². The van der Waals surface area contributed by atoms with Crippen molar-refractivity contribution in [2.45, 2.75) is 20.8 Å². The van der Waals surface area contributed by atoms with Gasteiger partial charge in [0, 0.05) is 5.56 Å². The van der Waals surface area contributed by atoms with Crippen molar-refractivity contribution >= 4 is 18.0 Å². The van der Waals surface area contributed by atoms with Crippen molar-refractivity contribution < 1.29 is 23.5 Å². The fraction of sp³-hybridized carbons (Fsp3) is 0.385. The molecule has 0 radical (unpaired) electrons. The topological polar surface area (TPSA) is 65.7 Å². The van der Waals surface area contributed by atoms with Gasteiger partial charge in [-0.25, -0.2) is 9.59 Å². The molecular formula is C13H16O5. The number of allylic oxidation sites excluding steroid dienone is 1. The third-order valence-corrected chi connectivity index (χ3v) is 2.32. The summed E-state index contributed by atoms with van der Waals surface area (Å²) in [5.74, 6) is -0.988. The zero-order chi connectivity index (χ0) is 13.9. The molecule has 0 unspecified atom stereocenters. The average molecular weight is 252 g/mol. The number of carbonyl (C=O) groups excluding carboxylic acids is 2. The molecule has 1 rings (SSSR count).